The van der Waals surface area contributed by atoms with Crippen molar-refractivity contribution in [2.24, 2.45) is 0 Å². The minimum absolute atomic E-state index is 0.0339. The Morgan fingerprint density at radius 1 is 1.00 bits per heavy atom. The molecule has 0 fully saturated rings. The first-order chi connectivity index (χ1) is 15.2. The van der Waals surface area contributed by atoms with Crippen LogP contribution in [0.2, 0.25) is 5.02 Å². The summed E-state index contributed by atoms with van der Waals surface area (Å²) in [6.45, 7) is 5.28. The largest absolute Gasteiger partial charge is 0.491 e. The number of ether oxygens (including phenoxy) is 1. The van der Waals surface area contributed by atoms with E-state index in [0.29, 0.717) is 11.4 Å². The fraction of sp³-hybridized carbons (Fsp3) is 0.208. The zero-order valence-electron chi connectivity index (χ0n) is 18.1. The first-order valence-corrected chi connectivity index (χ1v) is 11.9. The van der Waals surface area contributed by atoms with E-state index in [-0.39, 0.29) is 21.7 Å². The highest BCUT2D eigenvalue weighted by Crippen LogP contribution is 2.30. The molecule has 0 radical (unpaired) electrons. The molecular formula is C24H25ClN2O4S. The van der Waals surface area contributed by atoms with Gasteiger partial charge in [-0.15, -0.1) is 0 Å². The van der Waals surface area contributed by atoms with Crippen molar-refractivity contribution in [3.63, 3.8) is 0 Å². The topological polar surface area (TPSA) is 75.7 Å². The molecule has 3 aromatic carbocycles. The Hall–Kier alpha value is -3.03. The Morgan fingerprint density at radius 2 is 1.62 bits per heavy atom. The highest BCUT2D eigenvalue weighted by atomic mass is 35.5. The van der Waals surface area contributed by atoms with Gasteiger partial charge in [0.05, 0.1) is 21.7 Å². The summed E-state index contributed by atoms with van der Waals surface area (Å²) >= 11 is 6.29. The number of benzene rings is 3. The Kier molecular flexibility index (Phi) is 7.43. The maximum atomic E-state index is 13.4. The number of carbonyl (C=O) groups is 1. The third-order valence-corrected chi connectivity index (χ3v) is 6.62. The van der Waals surface area contributed by atoms with Crippen molar-refractivity contribution < 1.29 is 17.9 Å². The van der Waals surface area contributed by atoms with Gasteiger partial charge in [0.25, 0.3) is 10.0 Å². The van der Waals surface area contributed by atoms with Crippen LogP contribution in [0.1, 0.15) is 19.4 Å². The van der Waals surface area contributed by atoms with Crippen LogP contribution in [0.5, 0.6) is 5.75 Å². The van der Waals surface area contributed by atoms with E-state index in [2.05, 4.69) is 5.32 Å². The maximum Gasteiger partial charge on any atom is 0.264 e. The molecule has 0 atom stereocenters. The van der Waals surface area contributed by atoms with Crippen LogP contribution in [0, 0.1) is 6.92 Å². The SMILES string of the molecule is Cc1ccc(S(=O)(=O)N(CC(=O)Nc2ccc(OC(C)C)cc2)c2ccccc2Cl)cc1. The Morgan fingerprint density at radius 3 is 2.22 bits per heavy atom. The van der Waals surface area contributed by atoms with Gasteiger partial charge in [0.1, 0.15) is 12.3 Å². The van der Waals surface area contributed by atoms with E-state index < -0.39 is 22.5 Å². The maximum absolute atomic E-state index is 13.4. The lowest BCUT2D eigenvalue weighted by atomic mass is 10.2. The number of hydrogen-bond acceptors (Lipinski definition) is 4. The second kappa shape index (κ2) is 10.1. The van der Waals surface area contributed by atoms with Crippen LogP contribution in [-0.2, 0) is 14.8 Å². The molecule has 3 rings (SSSR count). The second-order valence-corrected chi connectivity index (χ2v) is 9.78. The number of carbonyl (C=O) groups excluding carboxylic acids is 1. The number of anilines is 2. The number of halogens is 1. The van der Waals surface area contributed by atoms with Gasteiger partial charge in [-0.25, -0.2) is 8.42 Å². The molecule has 1 amide bonds. The number of aryl methyl sites for hydroxylation is 1. The molecule has 0 unspecified atom stereocenters. The highest BCUT2D eigenvalue weighted by Gasteiger charge is 2.28. The van der Waals surface area contributed by atoms with Crippen LogP contribution in [0.25, 0.3) is 0 Å². The van der Waals surface area contributed by atoms with Gasteiger partial charge >= 0.3 is 0 Å². The first-order valence-electron chi connectivity index (χ1n) is 10.1. The summed E-state index contributed by atoms with van der Waals surface area (Å²) in [7, 11) is -4.03. The summed E-state index contributed by atoms with van der Waals surface area (Å²) in [4.78, 5) is 12.9. The molecule has 0 aliphatic carbocycles. The quantitative estimate of drug-likeness (QED) is 0.484. The lowest BCUT2D eigenvalue weighted by Gasteiger charge is -2.25. The van der Waals surface area contributed by atoms with E-state index in [1.807, 2.05) is 20.8 Å². The van der Waals surface area contributed by atoms with Crippen LogP contribution in [-0.4, -0.2) is 27.0 Å². The summed E-state index contributed by atoms with van der Waals surface area (Å²) in [6.07, 6.45) is 0.0339. The summed E-state index contributed by atoms with van der Waals surface area (Å²) < 4.78 is 33.4. The highest BCUT2D eigenvalue weighted by molar-refractivity contribution is 7.92. The van der Waals surface area contributed by atoms with Crippen LogP contribution < -0.4 is 14.4 Å². The first kappa shape index (κ1) is 23.6. The van der Waals surface area contributed by atoms with Gasteiger partial charge in [-0.3, -0.25) is 9.10 Å². The van der Waals surface area contributed by atoms with E-state index in [1.165, 1.54) is 12.1 Å². The predicted molar refractivity (Wildman–Crippen MR) is 128 cm³/mol. The molecule has 32 heavy (non-hydrogen) atoms. The van der Waals surface area contributed by atoms with E-state index in [0.717, 1.165) is 9.87 Å². The summed E-state index contributed by atoms with van der Waals surface area (Å²) in [5.74, 6) is 0.177. The number of rotatable bonds is 8. The molecule has 0 heterocycles. The molecule has 0 aliphatic heterocycles. The van der Waals surface area contributed by atoms with Crippen molar-refractivity contribution in [2.75, 3.05) is 16.2 Å². The number of sulfonamides is 1. The fourth-order valence-corrected chi connectivity index (χ4v) is 4.74. The molecule has 0 saturated heterocycles. The van der Waals surface area contributed by atoms with Crippen molar-refractivity contribution in [1.29, 1.82) is 0 Å². The number of amides is 1. The lowest BCUT2D eigenvalue weighted by molar-refractivity contribution is -0.114. The molecule has 0 aliphatic rings. The van der Waals surface area contributed by atoms with Gasteiger partial charge in [0.15, 0.2) is 0 Å². The van der Waals surface area contributed by atoms with Crippen molar-refractivity contribution in [3.05, 3.63) is 83.4 Å². The zero-order chi connectivity index (χ0) is 23.3. The van der Waals surface area contributed by atoms with Crippen LogP contribution in [0.4, 0.5) is 11.4 Å². The summed E-state index contributed by atoms with van der Waals surface area (Å²) in [6, 6.07) is 19.8. The van der Waals surface area contributed by atoms with Gasteiger partial charge in [-0.05, 0) is 69.3 Å². The monoisotopic (exact) mass is 472 g/mol. The third kappa shape index (κ3) is 5.81. The summed E-state index contributed by atoms with van der Waals surface area (Å²) in [5, 5.41) is 2.96. The average Bonchev–Trinajstić information content (AvgIpc) is 2.74. The number of nitrogens with zero attached hydrogens (tertiary/aromatic N) is 1. The van der Waals surface area contributed by atoms with Gasteiger partial charge in [-0.2, -0.15) is 0 Å². The average molecular weight is 473 g/mol. The Balaban J connectivity index is 1.87. The zero-order valence-corrected chi connectivity index (χ0v) is 19.7. The molecule has 1 N–H and O–H groups in total. The number of nitrogens with one attached hydrogen (secondary N) is 1. The molecule has 3 aromatic rings. The third-order valence-electron chi connectivity index (χ3n) is 4.53. The fourth-order valence-electron chi connectivity index (χ4n) is 3.01. The van der Waals surface area contributed by atoms with Crippen LogP contribution >= 0.6 is 11.6 Å². The van der Waals surface area contributed by atoms with Gasteiger partial charge < -0.3 is 10.1 Å². The van der Waals surface area contributed by atoms with E-state index in [1.54, 1.807) is 60.7 Å². The number of hydrogen-bond donors (Lipinski definition) is 1. The smallest absolute Gasteiger partial charge is 0.264 e. The molecular weight excluding hydrogens is 448 g/mol. The van der Waals surface area contributed by atoms with Crippen LogP contribution in [0.3, 0.4) is 0 Å². The molecule has 6 nitrogen and oxygen atoms in total. The van der Waals surface area contributed by atoms with Gasteiger partial charge in [0, 0.05) is 5.69 Å². The Bertz CT molecular complexity index is 1180. The van der Waals surface area contributed by atoms with Crippen LogP contribution in [0.15, 0.2) is 77.7 Å². The standard InChI is InChI=1S/C24H25ClN2O4S/c1-17(2)31-20-12-10-19(11-13-20)26-24(28)16-27(23-7-5-4-6-22(23)25)32(29,30)21-14-8-18(3)9-15-21/h4-15,17H,16H2,1-3H3,(H,26,28). The van der Waals surface area contributed by atoms with Crippen molar-refractivity contribution in [1.82, 2.24) is 0 Å². The lowest BCUT2D eigenvalue weighted by Crippen LogP contribution is -2.38. The van der Waals surface area contributed by atoms with Crippen molar-refractivity contribution in [3.8, 4) is 5.75 Å². The molecule has 0 aromatic heterocycles. The van der Waals surface area contributed by atoms with E-state index in [4.69, 9.17) is 16.3 Å². The van der Waals surface area contributed by atoms with Gasteiger partial charge in [-0.1, -0.05) is 41.4 Å². The van der Waals surface area contributed by atoms with Crippen molar-refractivity contribution >= 4 is 38.9 Å². The molecule has 0 spiro atoms. The minimum atomic E-state index is -4.03. The molecule has 0 bridgehead atoms. The Labute approximate surface area is 193 Å². The normalized spacial score (nSPS) is 11.3. The van der Waals surface area contributed by atoms with Crippen molar-refractivity contribution in [2.45, 2.75) is 31.8 Å². The molecule has 0 saturated carbocycles. The minimum Gasteiger partial charge on any atom is -0.491 e. The molecule has 168 valence electrons. The molecule has 8 heteroatoms. The number of para-hydroxylation sites is 1. The van der Waals surface area contributed by atoms with E-state index in [9.17, 15) is 13.2 Å². The second-order valence-electron chi connectivity index (χ2n) is 7.52. The summed E-state index contributed by atoms with van der Waals surface area (Å²) in [5.41, 5.74) is 1.68. The van der Waals surface area contributed by atoms with Gasteiger partial charge in [0.2, 0.25) is 5.91 Å². The van der Waals surface area contributed by atoms with E-state index >= 15 is 0 Å². The predicted octanol–water partition coefficient (Wildman–Crippen LogP) is 5.27.